The molecule has 100 valence electrons. The van der Waals surface area contributed by atoms with Gasteiger partial charge in [-0.1, -0.05) is 6.42 Å². The van der Waals surface area contributed by atoms with Crippen LogP contribution in [0.25, 0.3) is 0 Å². The van der Waals surface area contributed by atoms with Crippen LogP contribution in [0.3, 0.4) is 0 Å². The summed E-state index contributed by atoms with van der Waals surface area (Å²) >= 11 is 0. The second-order valence-corrected chi connectivity index (χ2v) is 4.41. The molecule has 1 heterocycles. The molecule has 5 heteroatoms. The fraction of sp³-hybridized carbons (Fsp3) is 0.615. The molecule has 1 aromatic rings. The fourth-order valence-electron chi connectivity index (χ4n) is 1.79. The third kappa shape index (κ3) is 5.61. The van der Waals surface area contributed by atoms with E-state index < -0.39 is 5.97 Å². The van der Waals surface area contributed by atoms with Crippen molar-refractivity contribution in [3.8, 4) is 0 Å². The van der Waals surface area contributed by atoms with Crippen molar-refractivity contribution in [2.45, 2.75) is 52.0 Å². The summed E-state index contributed by atoms with van der Waals surface area (Å²) in [4.78, 5) is 25.7. The Kier molecular flexibility index (Phi) is 6.11. The summed E-state index contributed by atoms with van der Waals surface area (Å²) in [5.74, 6) is 0.155. The molecule has 0 amide bonds. The first-order chi connectivity index (χ1) is 8.59. The first kappa shape index (κ1) is 14.4. The summed E-state index contributed by atoms with van der Waals surface area (Å²) in [5.41, 5.74) is 0. The Bertz CT molecular complexity index is 399. The largest absolute Gasteiger partial charge is 0.481 e. The number of aliphatic carboxylic acids is 1. The summed E-state index contributed by atoms with van der Waals surface area (Å²) in [7, 11) is 0. The van der Waals surface area contributed by atoms with E-state index in [1.165, 1.54) is 0 Å². The zero-order valence-corrected chi connectivity index (χ0v) is 10.8. The molecule has 1 aromatic heterocycles. The molecule has 0 spiro atoms. The third-order valence-electron chi connectivity index (χ3n) is 2.90. The van der Waals surface area contributed by atoms with Crippen LogP contribution in [0, 0.1) is 6.92 Å². The number of carboxylic acid groups (broad SMARTS) is 1. The highest BCUT2D eigenvalue weighted by Crippen LogP contribution is 2.06. The highest BCUT2D eigenvalue weighted by molar-refractivity contribution is 5.82. The monoisotopic (exact) mass is 252 g/mol. The maximum Gasteiger partial charge on any atom is 0.303 e. The molecular formula is C13H20N2O3. The number of aryl methyl sites for hydroxylation is 2. The maximum atomic E-state index is 11.3. The SMILES string of the molecule is Cc1nccn1CCCCCC(=O)CCC(=O)O. The van der Waals surface area contributed by atoms with Crippen LogP contribution in [0.5, 0.6) is 0 Å². The molecule has 0 aliphatic heterocycles. The number of carbonyl (C=O) groups excluding carboxylic acids is 1. The number of aromatic nitrogens is 2. The summed E-state index contributed by atoms with van der Waals surface area (Å²) in [6.45, 7) is 2.89. The van der Waals surface area contributed by atoms with Gasteiger partial charge in [0, 0.05) is 31.8 Å². The molecule has 18 heavy (non-hydrogen) atoms. The van der Waals surface area contributed by atoms with Crippen molar-refractivity contribution in [3.63, 3.8) is 0 Å². The van der Waals surface area contributed by atoms with E-state index in [1.54, 1.807) is 6.20 Å². The number of nitrogens with zero attached hydrogens (tertiary/aromatic N) is 2. The molecule has 0 atom stereocenters. The lowest BCUT2D eigenvalue weighted by molar-refractivity contribution is -0.138. The molecule has 0 aromatic carbocycles. The molecule has 0 saturated heterocycles. The van der Waals surface area contributed by atoms with E-state index in [0.29, 0.717) is 6.42 Å². The number of ketones is 1. The average molecular weight is 252 g/mol. The zero-order valence-electron chi connectivity index (χ0n) is 10.8. The number of carbonyl (C=O) groups is 2. The first-order valence-corrected chi connectivity index (χ1v) is 6.31. The van der Waals surface area contributed by atoms with Gasteiger partial charge in [-0.15, -0.1) is 0 Å². The van der Waals surface area contributed by atoms with Gasteiger partial charge in [0.1, 0.15) is 11.6 Å². The van der Waals surface area contributed by atoms with E-state index in [9.17, 15) is 9.59 Å². The predicted molar refractivity (Wildman–Crippen MR) is 67.3 cm³/mol. The Labute approximate surface area is 107 Å². The number of hydrogen-bond donors (Lipinski definition) is 1. The molecule has 0 bridgehead atoms. The van der Waals surface area contributed by atoms with Gasteiger partial charge in [-0.3, -0.25) is 9.59 Å². The van der Waals surface area contributed by atoms with Crippen molar-refractivity contribution >= 4 is 11.8 Å². The molecule has 0 saturated carbocycles. The van der Waals surface area contributed by atoms with Crippen molar-refractivity contribution in [1.29, 1.82) is 0 Å². The van der Waals surface area contributed by atoms with E-state index in [0.717, 1.165) is 31.6 Å². The molecule has 0 radical (unpaired) electrons. The van der Waals surface area contributed by atoms with Crippen LogP contribution in [-0.4, -0.2) is 26.4 Å². The lowest BCUT2D eigenvalue weighted by Crippen LogP contribution is -2.03. The van der Waals surface area contributed by atoms with E-state index >= 15 is 0 Å². The van der Waals surface area contributed by atoms with Crippen molar-refractivity contribution < 1.29 is 14.7 Å². The molecule has 5 nitrogen and oxygen atoms in total. The Balaban J connectivity index is 2.03. The minimum absolute atomic E-state index is 0.0485. The minimum Gasteiger partial charge on any atom is -0.481 e. The van der Waals surface area contributed by atoms with Gasteiger partial charge in [0.15, 0.2) is 0 Å². The van der Waals surface area contributed by atoms with Gasteiger partial charge in [0.2, 0.25) is 0 Å². The smallest absolute Gasteiger partial charge is 0.303 e. The second-order valence-electron chi connectivity index (χ2n) is 4.41. The van der Waals surface area contributed by atoms with E-state index in [4.69, 9.17) is 5.11 Å². The third-order valence-corrected chi connectivity index (χ3v) is 2.90. The number of Topliss-reactive ketones (excluding diaryl/α,β-unsaturated/α-hetero) is 1. The summed E-state index contributed by atoms with van der Waals surface area (Å²) in [6, 6.07) is 0. The number of hydrogen-bond acceptors (Lipinski definition) is 3. The van der Waals surface area contributed by atoms with Gasteiger partial charge in [-0.05, 0) is 19.8 Å². The molecule has 0 unspecified atom stereocenters. The Hall–Kier alpha value is -1.65. The van der Waals surface area contributed by atoms with Gasteiger partial charge in [0.25, 0.3) is 0 Å². The van der Waals surface area contributed by atoms with Crippen molar-refractivity contribution in [2.24, 2.45) is 0 Å². The molecule has 0 fully saturated rings. The molecule has 1 N–H and O–H groups in total. The summed E-state index contributed by atoms with van der Waals surface area (Å²) < 4.78 is 2.09. The topological polar surface area (TPSA) is 72.2 Å². The van der Waals surface area contributed by atoms with Gasteiger partial charge in [-0.2, -0.15) is 0 Å². The quantitative estimate of drug-likeness (QED) is 0.684. The van der Waals surface area contributed by atoms with Crippen molar-refractivity contribution in [1.82, 2.24) is 9.55 Å². The second kappa shape index (κ2) is 7.63. The van der Waals surface area contributed by atoms with Crippen LogP contribution in [0.4, 0.5) is 0 Å². The zero-order chi connectivity index (χ0) is 13.4. The number of rotatable bonds is 9. The Morgan fingerprint density at radius 1 is 1.22 bits per heavy atom. The standard InChI is InChI=1S/C13H20N2O3/c1-11-14-8-10-15(11)9-4-2-3-5-12(16)6-7-13(17)18/h8,10H,2-7,9H2,1H3,(H,17,18). The van der Waals surface area contributed by atoms with Crippen LogP contribution < -0.4 is 0 Å². The van der Waals surface area contributed by atoms with Crippen LogP contribution >= 0.6 is 0 Å². The average Bonchev–Trinajstić information content (AvgIpc) is 2.72. The lowest BCUT2D eigenvalue weighted by atomic mass is 10.1. The van der Waals surface area contributed by atoms with Gasteiger partial charge in [-0.25, -0.2) is 4.98 Å². The van der Waals surface area contributed by atoms with Crippen LogP contribution in [0.2, 0.25) is 0 Å². The summed E-state index contributed by atoms with van der Waals surface area (Å²) in [5, 5.41) is 8.44. The van der Waals surface area contributed by atoms with E-state index in [2.05, 4.69) is 9.55 Å². The van der Waals surface area contributed by atoms with E-state index in [1.807, 2.05) is 13.1 Å². The van der Waals surface area contributed by atoms with Gasteiger partial charge < -0.3 is 9.67 Å². The predicted octanol–water partition coefficient (Wildman–Crippen LogP) is 2.19. The normalized spacial score (nSPS) is 10.5. The van der Waals surface area contributed by atoms with Crippen LogP contribution in [0.15, 0.2) is 12.4 Å². The Morgan fingerprint density at radius 3 is 2.61 bits per heavy atom. The number of carboxylic acids is 1. The van der Waals surface area contributed by atoms with Crippen molar-refractivity contribution in [3.05, 3.63) is 18.2 Å². The molecule has 0 aliphatic carbocycles. The molecular weight excluding hydrogens is 232 g/mol. The lowest BCUT2D eigenvalue weighted by Gasteiger charge is -2.04. The summed E-state index contributed by atoms with van der Waals surface area (Å²) in [6.07, 6.45) is 7.18. The van der Waals surface area contributed by atoms with Gasteiger partial charge in [0.05, 0.1) is 6.42 Å². The maximum absolute atomic E-state index is 11.3. The van der Waals surface area contributed by atoms with E-state index in [-0.39, 0.29) is 18.6 Å². The molecule has 0 aliphatic rings. The van der Waals surface area contributed by atoms with Crippen LogP contribution in [-0.2, 0) is 16.1 Å². The minimum atomic E-state index is -0.904. The first-order valence-electron chi connectivity index (χ1n) is 6.31. The Morgan fingerprint density at radius 2 is 2.00 bits per heavy atom. The highest BCUT2D eigenvalue weighted by Gasteiger charge is 2.05. The van der Waals surface area contributed by atoms with Gasteiger partial charge >= 0.3 is 5.97 Å². The molecule has 1 rings (SSSR count). The number of unbranched alkanes of at least 4 members (excludes halogenated alkanes) is 2. The fourth-order valence-corrected chi connectivity index (χ4v) is 1.79. The van der Waals surface area contributed by atoms with Crippen LogP contribution in [0.1, 0.15) is 44.3 Å². The number of imidazole rings is 1. The van der Waals surface area contributed by atoms with Crippen molar-refractivity contribution in [2.75, 3.05) is 0 Å². The highest BCUT2D eigenvalue weighted by atomic mass is 16.4.